The topological polar surface area (TPSA) is 56.3 Å². The van der Waals surface area contributed by atoms with Gasteiger partial charge in [-0.3, -0.25) is 4.79 Å². The molecule has 1 amide bonds. The molecule has 280 valence electrons. The third-order valence-electron chi connectivity index (χ3n) is 7.61. The first-order chi connectivity index (χ1) is 33.9. The summed E-state index contributed by atoms with van der Waals surface area (Å²) in [6.45, 7) is -23.0. The molecule has 2 aliphatic rings. The number of likely N-dealkylation sites (tertiary alicyclic amines) is 1. The standard InChI is InChI=1S/C41H42F5N3O3S/c1-27-6-15-36-34(22-27)37(50)23-39(53-26-31-4-3-5-35(42)40(31)43)49(36)25-38(51)48(33-16-18-47(19-17-33)20-21-52-2)24-28-7-9-29(10-8-28)30-11-13-32(14-12-30)41(44,45)46/h3-15,22-23,33,37,50H,16-21,24-26H2,1-2H3/i2D3,6D,15D,16D2,17D2,18D2,19D2,20D2,21D2,22D,23D,24D2,33D. The number of nitrogens with zero attached hydrogens (tertiary/aromatic N) is 3. The molecule has 53 heavy (non-hydrogen) atoms. The van der Waals surface area contributed by atoms with Crippen LogP contribution < -0.4 is 4.90 Å². The molecule has 1 N–H and O–H groups in total. The largest absolute Gasteiger partial charge is 0.416 e. The number of hydrogen-bond donors (Lipinski definition) is 1. The second-order valence-corrected chi connectivity index (χ2v) is 12.1. The predicted molar refractivity (Wildman–Crippen MR) is 198 cm³/mol. The molecular formula is C41H42F5N3O3S. The summed E-state index contributed by atoms with van der Waals surface area (Å²) in [6, 6.07) is 2.03. The Morgan fingerprint density at radius 1 is 1.09 bits per heavy atom. The Hall–Kier alpha value is -4.23. The van der Waals surface area contributed by atoms with Gasteiger partial charge in [-0.15, -0.1) is 11.8 Å². The van der Waals surface area contributed by atoms with Gasteiger partial charge in [0.25, 0.3) is 0 Å². The van der Waals surface area contributed by atoms with Crippen molar-refractivity contribution in [3.05, 3.63) is 135 Å². The smallest absolute Gasteiger partial charge is 0.384 e. The number of carbonyl (C=O) groups is 1. The lowest BCUT2D eigenvalue weighted by Gasteiger charge is -2.40. The van der Waals surface area contributed by atoms with E-state index in [1.165, 1.54) is 6.92 Å². The summed E-state index contributed by atoms with van der Waals surface area (Å²) < 4.78 is 267. The Bertz CT molecular complexity index is 2900. The number of halogens is 5. The van der Waals surface area contributed by atoms with Gasteiger partial charge in [0, 0.05) is 75.3 Å². The van der Waals surface area contributed by atoms with E-state index in [9.17, 15) is 32.3 Å². The normalized spacial score (nSPS) is 28.4. The van der Waals surface area contributed by atoms with Crippen molar-refractivity contribution in [1.82, 2.24) is 9.80 Å². The van der Waals surface area contributed by atoms with E-state index in [1.807, 2.05) is 0 Å². The summed E-state index contributed by atoms with van der Waals surface area (Å²) in [5.41, 5.74) is -3.89. The van der Waals surface area contributed by atoms with Crippen LogP contribution in [0.5, 0.6) is 0 Å². The lowest BCUT2D eigenvalue weighted by molar-refractivity contribution is -0.137. The van der Waals surface area contributed by atoms with Crippen LogP contribution in [0.25, 0.3) is 11.1 Å². The second-order valence-electron chi connectivity index (χ2n) is 11.2. The fourth-order valence-corrected chi connectivity index (χ4v) is 6.07. The van der Waals surface area contributed by atoms with Crippen molar-refractivity contribution in [2.75, 3.05) is 44.5 Å². The number of benzene rings is 4. The fraction of sp³-hybridized carbons (Fsp3) is 0.341. The summed E-state index contributed by atoms with van der Waals surface area (Å²) >= 11 is 0.351. The monoisotopic (exact) mass is 773 g/mol. The van der Waals surface area contributed by atoms with Crippen molar-refractivity contribution in [2.45, 2.75) is 50.2 Å². The first kappa shape index (κ1) is 19.4. The third-order valence-corrected chi connectivity index (χ3v) is 8.68. The minimum absolute atomic E-state index is 0.0489. The number of fused-ring (bicyclic) bond motifs is 1. The molecular weight excluding hydrogens is 710 g/mol. The Kier molecular flexibility index (Phi) is 6.16. The van der Waals surface area contributed by atoms with Crippen LogP contribution in [-0.4, -0.2) is 66.5 Å². The summed E-state index contributed by atoms with van der Waals surface area (Å²) in [5, 5.41) is 10.8. The van der Waals surface area contributed by atoms with Gasteiger partial charge in [0.05, 0.1) is 33.6 Å². The predicted octanol–water partition coefficient (Wildman–Crippen LogP) is 8.73. The molecule has 2 heterocycles. The van der Waals surface area contributed by atoms with E-state index in [0.29, 0.717) is 28.8 Å². The number of anilines is 1. The molecule has 2 aliphatic heterocycles. The number of methoxy groups -OCH3 is 1. The highest BCUT2D eigenvalue weighted by atomic mass is 32.2. The molecule has 6 nitrogen and oxygen atoms in total. The van der Waals surface area contributed by atoms with Gasteiger partial charge in [-0.2, -0.15) is 13.2 Å². The Balaban J connectivity index is 1.63. The third kappa shape index (κ3) is 9.29. The molecule has 0 saturated carbocycles. The van der Waals surface area contributed by atoms with Crippen LogP contribution in [0, 0.1) is 18.6 Å². The molecule has 1 atom stereocenters. The number of aliphatic hydroxyl groups is 1. The number of carbonyl (C=O) groups excluding carboxylic acids is 1. The van der Waals surface area contributed by atoms with Gasteiger partial charge in [0.15, 0.2) is 11.6 Å². The molecule has 0 bridgehead atoms. The van der Waals surface area contributed by atoms with Gasteiger partial charge >= 0.3 is 6.18 Å². The van der Waals surface area contributed by atoms with E-state index in [4.69, 9.17) is 20.6 Å². The molecule has 0 spiro atoms. The highest BCUT2D eigenvalue weighted by Crippen LogP contribution is 2.41. The van der Waals surface area contributed by atoms with Crippen LogP contribution in [0.15, 0.2) is 95.9 Å². The number of aliphatic hydroxyl groups excluding tert-OH is 1. The number of rotatable bonds is 12. The lowest BCUT2D eigenvalue weighted by atomic mass is 9.99. The highest BCUT2D eigenvalue weighted by Gasteiger charge is 2.33. The van der Waals surface area contributed by atoms with Gasteiger partial charge in [-0.25, -0.2) is 8.78 Å². The van der Waals surface area contributed by atoms with Crippen molar-refractivity contribution < 1.29 is 66.7 Å². The molecule has 4 aromatic carbocycles. The first-order valence-electron chi connectivity index (χ1n) is 26.3. The zero-order valence-electron chi connectivity index (χ0n) is 49.2. The van der Waals surface area contributed by atoms with Crippen molar-refractivity contribution in [2.24, 2.45) is 0 Å². The minimum Gasteiger partial charge on any atom is -0.384 e. The maximum Gasteiger partial charge on any atom is 0.416 e. The molecule has 12 heteroatoms. The van der Waals surface area contributed by atoms with E-state index in [2.05, 4.69) is 4.74 Å². The number of amides is 1. The number of alkyl halides is 3. The molecule has 0 aromatic heterocycles. The molecule has 0 radical (unpaired) electrons. The SMILES string of the molecule is [2H]C1=C(SCc2cccc(F)c2F)N(CC(=O)N(C([2H])([2H])c2ccc(-c3ccc(C(F)(F)F)cc3)cc2)C2([2H])C([2H])([2H])C([2H])([2H])N(C([2H])([2H])C([2H])([2H])OC([2H])([2H])[2H])C([2H])([2H])C2([2H])[2H])c2c([2H])c([2H])c(C)c([2H])c2C1O. The van der Waals surface area contributed by atoms with E-state index >= 15 is 9.18 Å². The van der Waals surface area contributed by atoms with Gasteiger partial charge < -0.3 is 24.5 Å². The van der Waals surface area contributed by atoms with Crippen LogP contribution in [0.2, 0.25) is 0 Å². The van der Waals surface area contributed by atoms with Crippen molar-refractivity contribution in [1.29, 1.82) is 0 Å². The number of ether oxygens (including phenoxy) is 1. The number of thioether (sulfide) groups is 1. The Labute approximate surface area is 341 Å². The number of hydrogen-bond acceptors (Lipinski definition) is 6. The van der Waals surface area contributed by atoms with E-state index in [1.54, 1.807) is 0 Å². The average molecular weight is 774 g/mol. The van der Waals surface area contributed by atoms with Crippen LogP contribution in [-0.2, 0) is 28.0 Å². The summed E-state index contributed by atoms with van der Waals surface area (Å²) in [4.78, 5) is 14.4. The summed E-state index contributed by atoms with van der Waals surface area (Å²) in [6.07, 6.45) is -16.5. The first-order valence-corrected chi connectivity index (χ1v) is 16.3. The van der Waals surface area contributed by atoms with Crippen LogP contribution in [0.3, 0.4) is 0 Å². The average Bonchev–Trinajstić information content (AvgIpc) is 3.27. The zero-order chi connectivity index (χ0) is 57.2. The van der Waals surface area contributed by atoms with Crippen LogP contribution in [0.1, 0.15) is 76.8 Å². The molecule has 1 fully saturated rings. The van der Waals surface area contributed by atoms with Gasteiger partial charge in [-0.1, -0.05) is 66.2 Å². The quantitative estimate of drug-likeness (QED) is 0.146. The molecule has 4 aromatic rings. The van der Waals surface area contributed by atoms with Crippen LogP contribution >= 0.6 is 11.8 Å². The van der Waals surface area contributed by atoms with Gasteiger partial charge in [0.1, 0.15) is 12.6 Å². The second kappa shape index (κ2) is 16.8. The Morgan fingerprint density at radius 2 is 1.79 bits per heavy atom. The molecule has 1 saturated heterocycles. The Morgan fingerprint density at radius 3 is 2.47 bits per heavy atom. The molecule has 1 unspecified atom stereocenters. The molecule has 6 rings (SSSR count). The van der Waals surface area contributed by atoms with E-state index in [-0.39, 0.29) is 16.7 Å². The summed E-state index contributed by atoms with van der Waals surface area (Å²) in [5.74, 6) is -5.53. The van der Waals surface area contributed by atoms with Gasteiger partial charge in [0.2, 0.25) is 5.91 Å². The highest BCUT2D eigenvalue weighted by molar-refractivity contribution is 8.02. The van der Waals surface area contributed by atoms with Crippen molar-refractivity contribution in [3.8, 4) is 11.1 Å². The van der Waals surface area contributed by atoms with Crippen LogP contribution in [0.4, 0.5) is 27.6 Å². The van der Waals surface area contributed by atoms with Gasteiger partial charge in [-0.05, 0) is 66.7 Å². The maximum atomic E-state index is 15.6. The van der Waals surface area contributed by atoms with E-state index < -0.39 is 167 Å². The summed E-state index contributed by atoms with van der Waals surface area (Å²) in [7, 11) is -3.89. The fourth-order valence-electron chi connectivity index (χ4n) is 5.05. The maximum absolute atomic E-state index is 15.6. The number of piperidine rings is 1. The van der Waals surface area contributed by atoms with Crippen molar-refractivity contribution >= 4 is 23.4 Å². The zero-order valence-corrected chi connectivity index (χ0v) is 28.1. The minimum atomic E-state index is -4.79. The van der Waals surface area contributed by atoms with E-state index in [0.717, 1.165) is 54.6 Å². The molecule has 0 aliphatic carbocycles. The lowest BCUT2D eigenvalue weighted by Crippen LogP contribution is -2.50. The van der Waals surface area contributed by atoms with Crippen molar-refractivity contribution in [3.63, 3.8) is 0 Å².